The minimum atomic E-state index is -0.304. The molecule has 2 unspecified atom stereocenters. The molecule has 0 aliphatic carbocycles. The van der Waals surface area contributed by atoms with Gasteiger partial charge < -0.3 is 10.2 Å². The summed E-state index contributed by atoms with van der Waals surface area (Å²) >= 11 is 0. The molecule has 2 atom stereocenters. The van der Waals surface area contributed by atoms with E-state index in [1.54, 1.807) is 6.07 Å². The quantitative estimate of drug-likeness (QED) is 0.874. The molecular formula is C20H27FN4. The Morgan fingerprint density at radius 3 is 2.44 bits per heavy atom. The summed E-state index contributed by atoms with van der Waals surface area (Å²) in [6, 6.07) is 13.9. The summed E-state index contributed by atoms with van der Waals surface area (Å²) < 4.78 is 13.2. The van der Waals surface area contributed by atoms with Crippen LogP contribution in [0.15, 0.2) is 48.7 Å². The van der Waals surface area contributed by atoms with Gasteiger partial charge in [0, 0.05) is 38.8 Å². The number of hydrogen-bond donors (Lipinski definition) is 1. The smallest absolute Gasteiger partial charge is 0.141 e. The zero-order valence-corrected chi connectivity index (χ0v) is 15.0. The predicted octanol–water partition coefficient (Wildman–Crippen LogP) is 2.54. The molecule has 4 nitrogen and oxygen atoms in total. The molecule has 1 saturated heterocycles. The van der Waals surface area contributed by atoms with E-state index in [0.29, 0.717) is 6.04 Å². The van der Waals surface area contributed by atoms with Crippen molar-refractivity contribution >= 4 is 0 Å². The van der Waals surface area contributed by atoms with Gasteiger partial charge in [0.15, 0.2) is 0 Å². The SMILES string of the molecule is CC(CNC(c1ccccc1)c1ccc(F)cn1)N1CCN(C)CC1. The molecule has 1 aliphatic heterocycles. The standard InChI is InChI=1S/C20H27FN4/c1-16(25-12-10-24(2)11-13-25)14-23-20(17-6-4-3-5-7-17)19-9-8-18(21)15-22-19/h3-9,15-16,20,23H,10-14H2,1-2H3. The lowest BCUT2D eigenvalue weighted by molar-refractivity contribution is 0.117. The lowest BCUT2D eigenvalue weighted by atomic mass is 10.0. The summed E-state index contributed by atoms with van der Waals surface area (Å²) in [5.41, 5.74) is 1.99. The van der Waals surface area contributed by atoms with E-state index in [-0.39, 0.29) is 11.9 Å². The number of aromatic nitrogens is 1. The molecule has 0 saturated carbocycles. The fraction of sp³-hybridized carbons (Fsp3) is 0.450. The Labute approximate surface area is 149 Å². The van der Waals surface area contributed by atoms with Crippen LogP contribution in [0, 0.1) is 5.82 Å². The van der Waals surface area contributed by atoms with Crippen molar-refractivity contribution in [1.29, 1.82) is 0 Å². The highest BCUT2D eigenvalue weighted by atomic mass is 19.1. The zero-order chi connectivity index (χ0) is 17.6. The second-order valence-electron chi connectivity index (χ2n) is 6.84. The van der Waals surface area contributed by atoms with E-state index in [1.165, 1.54) is 12.3 Å². The Morgan fingerprint density at radius 1 is 1.08 bits per heavy atom. The Kier molecular flexibility index (Phi) is 6.13. The van der Waals surface area contributed by atoms with Crippen molar-refractivity contribution in [3.8, 4) is 0 Å². The number of pyridine rings is 1. The van der Waals surface area contributed by atoms with Gasteiger partial charge in [-0.25, -0.2) is 4.39 Å². The number of halogens is 1. The first-order valence-corrected chi connectivity index (χ1v) is 8.96. The molecule has 1 fully saturated rings. The van der Waals surface area contributed by atoms with Crippen molar-refractivity contribution in [3.05, 3.63) is 65.7 Å². The lowest BCUT2D eigenvalue weighted by Gasteiger charge is -2.37. The highest BCUT2D eigenvalue weighted by molar-refractivity contribution is 5.27. The van der Waals surface area contributed by atoms with Crippen molar-refractivity contribution in [1.82, 2.24) is 20.1 Å². The molecule has 134 valence electrons. The molecule has 1 aromatic heterocycles. The van der Waals surface area contributed by atoms with Gasteiger partial charge in [0.2, 0.25) is 0 Å². The number of benzene rings is 1. The molecular weight excluding hydrogens is 315 g/mol. The van der Waals surface area contributed by atoms with Crippen molar-refractivity contribution in [2.24, 2.45) is 0 Å². The lowest BCUT2D eigenvalue weighted by Crippen LogP contribution is -2.51. The summed E-state index contributed by atoms with van der Waals surface area (Å²) in [5, 5.41) is 3.64. The maximum atomic E-state index is 13.2. The minimum Gasteiger partial charge on any atom is -0.304 e. The van der Waals surface area contributed by atoms with Crippen molar-refractivity contribution in [3.63, 3.8) is 0 Å². The molecule has 1 aliphatic rings. The summed E-state index contributed by atoms with van der Waals surface area (Å²) in [5.74, 6) is -0.304. The van der Waals surface area contributed by atoms with E-state index < -0.39 is 0 Å². The molecule has 0 bridgehead atoms. The van der Waals surface area contributed by atoms with Crippen LogP contribution in [0.25, 0.3) is 0 Å². The normalized spacial score (nSPS) is 18.8. The van der Waals surface area contributed by atoms with Crippen LogP contribution in [0.2, 0.25) is 0 Å². The van der Waals surface area contributed by atoms with Gasteiger partial charge >= 0.3 is 0 Å². The summed E-state index contributed by atoms with van der Waals surface area (Å²) in [7, 11) is 2.17. The number of nitrogens with zero attached hydrogens (tertiary/aromatic N) is 3. The largest absolute Gasteiger partial charge is 0.304 e. The molecule has 0 amide bonds. The molecule has 1 N–H and O–H groups in total. The third-order valence-electron chi connectivity index (χ3n) is 4.96. The van der Waals surface area contributed by atoms with Gasteiger partial charge in [0.05, 0.1) is 17.9 Å². The maximum Gasteiger partial charge on any atom is 0.141 e. The summed E-state index contributed by atoms with van der Waals surface area (Å²) in [6.07, 6.45) is 1.29. The minimum absolute atomic E-state index is 0.0308. The van der Waals surface area contributed by atoms with Crippen molar-refractivity contribution in [2.45, 2.75) is 19.0 Å². The molecule has 5 heteroatoms. The number of nitrogens with one attached hydrogen (secondary N) is 1. The zero-order valence-electron chi connectivity index (χ0n) is 15.0. The van der Waals surface area contributed by atoms with E-state index in [4.69, 9.17) is 0 Å². The van der Waals surface area contributed by atoms with Crippen LogP contribution < -0.4 is 5.32 Å². The van der Waals surface area contributed by atoms with Gasteiger partial charge in [0.25, 0.3) is 0 Å². The summed E-state index contributed by atoms with van der Waals surface area (Å²) in [6.45, 7) is 7.56. The predicted molar refractivity (Wildman–Crippen MR) is 99.0 cm³/mol. The highest BCUT2D eigenvalue weighted by Crippen LogP contribution is 2.20. The topological polar surface area (TPSA) is 31.4 Å². The first-order chi connectivity index (χ1) is 12.1. The second kappa shape index (κ2) is 8.52. The van der Waals surface area contributed by atoms with Crippen molar-refractivity contribution < 1.29 is 4.39 Å². The average Bonchev–Trinajstić information content (AvgIpc) is 2.64. The third kappa shape index (κ3) is 4.84. The van der Waals surface area contributed by atoms with Gasteiger partial charge in [-0.05, 0) is 31.7 Å². The first-order valence-electron chi connectivity index (χ1n) is 8.96. The fourth-order valence-corrected chi connectivity index (χ4v) is 3.28. The summed E-state index contributed by atoms with van der Waals surface area (Å²) in [4.78, 5) is 9.19. The maximum absolute atomic E-state index is 13.2. The van der Waals surface area contributed by atoms with Crippen LogP contribution in [0.3, 0.4) is 0 Å². The molecule has 1 aromatic carbocycles. The first kappa shape index (κ1) is 18.0. The monoisotopic (exact) mass is 342 g/mol. The van der Waals surface area contributed by atoms with Crippen LogP contribution in [0.4, 0.5) is 4.39 Å². The second-order valence-corrected chi connectivity index (χ2v) is 6.84. The Morgan fingerprint density at radius 2 is 1.80 bits per heavy atom. The number of likely N-dealkylation sites (N-methyl/N-ethyl adjacent to an activating group) is 1. The van der Waals surface area contributed by atoms with E-state index in [9.17, 15) is 4.39 Å². The Bertz CT molecular complexity index is 639. The van der Waals surface area contributed by atoms with Gasteiger partial charge in [-0.3, -0.25) is 9.88 Å². The van der Waals surface area contributed by atoms with E-state index in [0.717, 1.165) is 44.0 Å². The van der Waals surface area contributed by atoms with Crippen molar-refractivity contribution in [2.75, 3.05) is 39.8 Å². The molecule has 3 rings (SSSR count). The van der Waals surface area contributed by atoms with Crippen LogP contribution in [-0.4, -0.2) is 60.6 Å². The van der Waals surface area contributed by atoms with Gasteiger partial charge in [0.1, 0.15) is 5.82 Å². The van der Waals surface area contributed by atoms with Gasteiger partial charge in [-0.2, -0.15) is 0 Å². The van der Waals surface area contributed by atoms with Crippen LogP contribution >= 0.6 is 0 Å². The van der Waals surface area contributed by atoms with Crippen LogP contribution in [0.1, 0.15) is 24.2 Å². The molecule has 25 heavy (non-hydrogen) atoms. The highest BCUT2D eigenvalue weighted by Gasteiger charge is 2.21. The number of hydrogen-bond acceptors (Lipinski definition) is 4. The van der Waals surface area contributed by atoms with Gasteiger partial charge in [-0.1, -0.05) is 30.3 Å². The van der Waals surface area contributed by atoms with Crippen LogP contribution in [-0.2, 0) is 0 Å². The van der Waals surface area contributed by atoms with E-state index in [1.807, 2.05) is 18.2 Å². The van der Waals surface area contributed by atoms with E-state index >= 15 is 0 Å². The Balaban J connectivity index is 1.69. The van der Waals surface area contributed by atoms with Gasteiger partial charge in [-0.15, -0.1) is 0 Å². The molecule has 2 heterocycles. The molecule has 0 spiro atoms. The Hall–Kier alpha value is -1.82. The number of piperazine rings is 1. The average molecular weight is 342 g/mol. The molecule has 0 radical (unpaired) electrons. The number of rotatable bonds is 6. The van der Waals surface area contributed by atoms with Crippen LogP contribution in [0.5, 0.6) is 0 Å². The molecule has 2 aromatic rings. The fourth-order valence-electron chi connectivity index (χ4n) is 3.28. The van der Waals surface area contributed by atoms with E-state index in [2.05, 4.69) is 46.2 Å². The third-order valence-corrected chi connectivity index (χ3v) is 4.96.